The van der Waals surface area contributed by atoms with Gasteiger partial charge in [-0.25, -0.2) is 0 Å². The van der Waals surface area contributed by atoms with Crippen molar-refractivity contribution in [3.63, 3.8) is 0 Å². The summed E-state index contributed by atoms with van der Waals surface area (Å²) in [6.07, 6.45) is 8.89. The van der Waals surface area contributed by atoms with E-state index in [9.17, 15) is 9.59 Å². The van der Waals surface area contributed by atoms with Gasteiger partial charge in [0.2, 0.25) is 0 Å². The number of rotatable bonds is 2. The lowest BCUT2D eigenvalue weighted by Crippen LogP contribution is -2.28. The molecule has 0 spiro atoms. The molecule has 0 bridgehead atoms. The van der Waals surface area contributed by atoms with Crippen LogP contribution >= 0.6 is 0 Å². The van der Waals surface area contributed by atoms with Gasteiger partial charge >= 0.3 is 0 Å². The van der Waals surface area contributed by atoms with Gasteiger partial charge in [-0.15, -0.1) is 0 Å². The number of Topliss-reactive ketones (excluding diaryl/α,β-unsaturated/α-hetero) is 2. The molecule has 2 nitrogen and oxygen atoms in total. The topological polar surface area (TPSA) is 34.1 Å². The van der Waals surface area contributed by atoms with E-state index >= 15 is 0 Å². The quantitative estimate of drug-likeness (QED) is 0.699. The van der Waals surface area contributed by atoms with E-state index in [1.807, 2.05) is 0 Å². The lowest BCUT2D eigenvalue weighted by Gasteiger charge is -2.27. The predicted octanol–water partition coefficient (Wildman–Crippen LogP) is 2.90. The zero-order valence-corrected chi connectivity index (χ0v) is 9.34. The fourth-order valence-electron chi connectivity index (χ4n) is 2.94. The van der Waals surface area contributed by atoms with Gasteiger partial charge in [-0.05, 0) is 25.7 Å². The van der Waals surface area contributed by atoms with Crippen LogP contribution in [0.1, 0.15) is 57.8 Å². The highest BCUT2D eigenvalue weighted by Gasteiger charge is 2.30. The maximum Gasteiger partial charge on any atom is 0.139 e. The molecule has 0 N–H and O–H groups in total. The number of ketones is 2. The Balaban J connectivity index is 1.86. The summed E-state index contributed by atoms with van der Waals surface area (Å²) in [4.78, 5) is 23.2. The standard InChI is InChI=1S/C13H20O2/c14-12-8-6-11(7-9-12)13(15)10-4-2-1-3-5-10/h10-11H,1-9H2. The van der Waals surface area contributed by atoms with Crippen LogP contribution < -0.4 is 0 Å². The molecule has 2 aliphatic rings. The summed E-state index contributed by atoms with van der Waals surface area (Å²) in [6, 6.07) is 0. The minimum atomic E-state index is 0.214. The van der Waals surface area contributed by atoms with E-state index in [1.54, 1.807) is 0 Å². The zero-order valence-electron chi connectivity index (χ0n) is 9.34. The highest BCUT2D eigenvalue weighted by molar-refractivity contribution is 5.87. The van der Waals surface area contributed by atoms with Crippen molar-refractivity contribution < 1.29 is 9.59 Å². The fraction of sp³-hybridized carbons (Fsp3) is 0.846. The van der Waals surface area contributed by atoms with Gasteiger partial charge in [-0.1, -0.05) is 19.3 Å². The Kier molecular flexibility index (Phi) is 3.55. The summed E-state index contributed by atoms with van der Waals surface area (Å²) in [6.45, 7) is 0. The lowest BCUT2D eigenvalue weighted by molar-refractivity contribution is -0.130. The zero-order chi connectivity index (χ0) is 10.7. The van der Waals surface area contributed by atoms with Gasteiger partial charge in [0.05, 0.1) is 0 Å². The first kappa shape index (κ1) is 10.8. The molecule has 0 aromatic carbocycles. The molecule has 2 fully saturated rings. The molecule has 0 unspecified atom stereocenters. The molecule has 0 aromatic rings. The molecule has 0 aliphatic heterocycles. The fourth-order valence-corrected chi connectivity index (χ4v) is 2.94. The molecule has 2 saturated carbocycles. The van der Waals surface area contributed by atoms with Crippen LogP contribution in [0.3, 0.4) is 0 Å². The molecule has 0 aromatic heterocycles. The lowest BCUT2D eigenvalue weighted by atomic mass is 9.76. The number of hydrogen-bond acceptors (Lipinski definition) is 2. The van der Waals surface area contributed by atoms with Gasteiger partial charge in [0, 0.05) is 24.7 Å². The van der Waals surface area contributed by atoms with Crippen molar-refractivity contribution in [1.82, 2.24) is 0 Å². The molecule has 0 saturated heterocycles. The third kappa shape index (κ3) is 2.67. The van der Waals surface area contributed by atoms with Crippen molar-refractivity contribution >= 4 is 11.6 Å². The van der Waals surface area contributed by atoms with Crippen LogP contribution in [0.25, 0.3) is 0 Å². The van der Waals surface area contributed by atoms with E-state index in [4.69, 9.17) is 0 Å². The van der Waals surface area contributed by atoms with Crippen molar-refractivity contribution in [1.29, 1.82) is 0 Å². The third-order valence-electron chi connectivity index (χ3n) is 3.95. The van der Waals surface area contributed by atoms with Gasteiger partial charge in [0.1, 0.15) is 11.6 Å². The van der Waals surface area contributed by atoms with Crippen LogP contribution in [-0.2, 0) is 9.59 Å². The Morgan fingerprint density at radius 1 is 0.867 bits per heavy atom. The molecule has 2 heteroatoms. The van der Waals surface area contributed by atoms with Crippen molar-refractivity contribution in [3.05, 3.63) is 0 Å². The summed E-state index contributed by atoms with van der Waals surface area (Å²) < 4.78 is 0. The molecule has 2 rings (SSSR count). The Morgan fingerprint density at radius 2 is 1.40 bits per heavy atom. The summed E-state index contributed by atoms with van der Waals surface area (Å²) in [5, 5.41) is 0. The largest absolute Gasteiger partial charge is 0.300 e. The number of hydrogen-bond donors (Lipinski definition) is 0. The molecule has 0 heterocycles. The first-order valence-corrected chi connectivity index (χ1v) is 6.33. The minimum absolute atomic E-state index is 0.214. The second-order valence-electron chi connectivity index (χ2n) is 5.05. The highest BCUT2D eigenvalue weighted by Crippen LogP contribution is 2.31. The van der Waals surface area contributed by atoms with E-state index in [2.05, 4.69) is 0 Å². The van der Waals surface area contributed by atoms with Crippen LogP contribution in [0.5, 0.6) is 0 Å². The Hall–Kier alpha value is -0.660. The van der Waals surface area contributed by atoms with Gasteiger partial charge in [-0.3, -0.25) is 9.59 Å². The summed E-state index contributed by atoms with van der Waals surface area (Å²) in [7, 11) is 0. The predicted molar refractivity (Wildman–Crippen MR) is 58.5 cm³/mol. The van der Waals surface area contributed by atoms with E-state index in [1.165, 1.54) is 19.3 Å². The minimum Gasteiger partial charge on any atom is -0.300 e. The molecule has 84 valence electrons. The smallest absolute Gasteiger partial charge is 0.139 e. The van der Waals surface area contributed by atoms with Gasteiger partial charge < -0.3 is 0 Å². The van der Waals surface area contributed by atoms with E-state index in [0.29, 0.717) is 30.3 Å². The van der Waals surface area contributed by atoms with Gasteiger partial charge in [-0.2, -0.15) is 0 Å². The van der Waals surface area contributed by atoms with Crippen molar-refractivity contribution in [2.24, 2.45) is 11.8 Å². The monoisotopic (exact) mass is 208 g/mol. The van der Waals surface area contributed by atoms with E-state index < -0.39 is 0 Å². The average molecular weight is 208 g/mol. The second kappa shape index (κ2) is 4.91. The van der Waals surface area contributed by atoms with Crippen LogP contribution in [-0.4, -0.2) is 11.6 Å². The second-order valence-corrected chi connectivity index (χ2v) is 5.05. The first-order valence-electron chi connectivity index (χ1n) is 6.33. The summed E-state index contributed by atoms with van der Waals surface area (Å²) >= 11 is 0. The van der Waals surface area contributed by atoms with Crippen LogP contribution in [0.15, 0.2) is 0 Å². The van der Waals surface area contributed by atoms with Crippen molar-refractivity contribution in [2.75, 3.05) is 0 Å². The van der Waals surface area contributed by atoms with E-state index in [0.717, 1.165) is 25.7 Å². The van der Waals surface area contributed by atoms with Gasteiger partial charge in [0.25, 0.3) is 0 Å². The van der Waals surface area contributed by atoms with E-state index in [-0.39, 0.29) is 5.92 Å². The number of carbonyl (C=O) groups excluding carboxylic acids is 2. The molecule has 15 heavy (non-hydrogen) atoms. The molecule has 2 aliphatic carbocycles. The van der Waals surface area contributed by atoms with Crippen molar-refractivity contribution in [3.8, 4) is 0 Å². The maximum atomic E-state index is 12.1. The van der Waals surface area contributed by atoms with Crippen molar-refractivity contribution in [2.45, 2.75) is 57.8 Å². The third-order valence-corrected chi connectivity index (χ3v) is 3.95. The molecule has 0 atom stereocenters. The Morgan fingerprint density at radius 3 is 2.00 bits per heavy atom. The highest BCUT2D eigenvalue weighted by atomic mass is 16.1. The molecule has 0 radical (unpaired) electrons. The molecule has 0 amide bonds. The normalized spacial score (nSPS) is 25.5. The summed E-state index contributed by atoms with van der Waals surface area (Å²) in [5.41, 5.74) is 0. The average Bonchev–Trinajstić information content (AvgIpc) is 2.30. The maximum absolute atomic E-state index is 12.1. The number of carbonyl (C=O) groups is 2. The molecular formula is C13H20O2. The Bertz CT molecular complexity index is 241. The molecular weight excluding hydrogens is 188 g/mol. The van der Waals surface area contributed by atoms with Gasteiger partial charge in [0.15, 0.2) is 0 Å². The van der Waals surface area contributed by atoms with Crippen LogP contribution in [0.4, 0.5) is 0 Å². The SMILES string of the molecule is O=C1CCC(C(=O)C2CCCCC2)CC1. The van der Waals surface area contributed by atoms with Crippen LogP contribution in [0.2, 0.25) is 0 Å². The summed E-state index contributed by atoms with van der Waals surface area (Å²) in [5.74, 6) is 1.37. The van der Waals surface area contributed by atoms with Crippen LogP contribution in [0, 0.1) is 11.8 Å². The Labute approximate surface area is 91.4 Å². The first-order chi connectivity index (χ1) is 7.27.